The van der Waals surface area contributed by atoms with E-state index in [4.69, 9.17) is 4.74 Å². The van der Waals surface area contributed by atoms with Crippen LogP contribution in [-0.4, -0.2) is 71.0 Å². The molecule has 0 bridgehead atoms. The molecule has 8 heteroatoms. The summed E-state index contributed by atoms with van der Waals surface area (Å²) in [5.74, 6) is -2.24. The van der Waals surface area contributed by atoms with Gasteiger partial charge in [-0.2, -0.15) is 0 Å². The van der Waals surface area contributed by atoms with Crippen molar-refractivity contribution in [2.75, 3.05) is 39.4 Å². The molecule has 2 aromatic rings. The molecule has 1 amide bonds. The Kier molecular flexibility index (Phi) is 5.87. The van der Waals surface area contributed by atoms with Crippen LogP contribution in [0.3, 0.4) is 0 Å². The predicted molar refractivity (Wildman–Crippen MR) is 107 cm³/mol. The van der Waals surface area contributed by atoms with Gasteiger partial charge in [-0.15, -0.1) is 0 Å². The molecule has 1 aromatic heterocycles. The molecular formula is C22H22FN3O4. The Hall–Kier alpha value is -3.10. The lowest BCUT2D eigenvalue weighted by atomic mass is 9.98. The van der Waals surface area contributed by atoms with Gasteiger partial charge >= 0.3 is 0 Å². The number of likely N-dealkylation sites (tertiary alicyclic amines) is 1. The Morgan fingerprint density at radius 3 is 2.50 bits per heavy atom. The molecule has 0 spiro atoms. The maximum atomic E-state index is 13.3. The molecule has 2 fully saturated rings. The van der Waals surface area contributed by atoms with E-state index in [2.05, 4.69) is 9.88 Å². The zero-order valence-corrected chi connectivity index (χ0v) is 16.3. The van der Waals surface area contributed by atoms with Crippen molar-refractivity contribution < 1.29 is 23.8 Å². The van der Waals surface area contributed by atoms with Crippen LogP contribution in [0, 0.1) is 5.82 Å². The van der Waals surface area contributed by atoms with Gasteiger partial charge in [-0.25, -0.2) is 4.39 Å². The van der Waals surface area contributed by atoms with Crippen molar-refractivity contribution in [1.82, 2.24) is 14.8 Å². The van der Waals surface area contributed by atoms with Crippen molar-refractivity contribution in [2.45, 2.75) is 6.04 Å². The van der Waals surface area contributed by atoms with E-state index in [0.717, 1.165) is 13.1 Å². The number of aromatic nitrogens is 1. The number of nitrogens with zero attached hydrogens (tertiary/aromatic N) is 3. The Morgan fingerprint density at radius 1 is 1.10 bits per heavy atom. The number of rotatable bonds is 5. The second-order valence-corrected chi connectivity index (χ2v) is 7.21. The third-order valence-corrected chi connectivity index (χ3v) is 5.39. The van der Waals surface area contributed by atoms with Gasteiger partial charge in [-0.1, -0.05) is 6.07 Å². The van der Waals surface area contributed by atoms with Crippen LogP contribution in [0.4, 0.5) is 4.39 Å². The first kappa shape index (κ1) is 20.2. The molecule has 0 unspecified atom stereocenters. The van der Waals surface area contributed by atoms with Gasteiger partial charge in [0.2, 0.25) is 0 Å². The van der Waals surface area contributed by atoms with Crippen LogP contribution >= 0.6 is 0 Å². The van der Waals surface area contributed by atoms with Crippen molar-refractivity contribution in [1.29, 1.82) is 0 Å². The summed E-state index contributed by atoms with van der Waals surface area (Å²) in [6.07, 6.45) is 1.58. The normalized spacial score (nSPS) is 21.9. The van der Waals surface area contributed by atoms with Crippen LogP contribution in [0.2, 0.25) is 0 Å². The summed E-state index contributed by atoms with van der Waals surface area (Å²) >= 11 is 0. The van der Waals surface area contributed by atoms with Gasteiger partial charge in [0, 0.05) is 37.9 Å². The second kappa shape index (κ2) is 8.73. The highest BCUT2D eigenvalue weighted by atomic mass is 19.1. The smallest absolute Gasteiger partial charge is 0.295 e. The Labute approximate surface area is 173 Å². The number of ketones is 1. The molecule has 1 atom stereocenters. The number of halogens is 1. The summed E-state index contributed by atoms with van der Waals surface area (Å²) in [6.45, 7) is 3.67. The summed E-state index contributed by atoms with van der Waals surface area (Å²) in [5, 5.41) is 10.9. The molecule has 7 nitrogen and oxygen atoms in total. The molecule has 2 aliphatic rings. The molecule has 0 aliphatic carbocycles. The van der Waals surface area contributed by atoms with Crippen molar-refractivity contribution in [3.05, 3.63) is 71.3 Å². The largest absolute Gasteiger partial charge is 0.507 e. The highest BCUT2D eigenvalue weighted by Crippen LogP contribution is 2.38. The maximum Gasteiger partial charge on any atom is 0.295 e. The molecule has 3 heterocycles. The van der Waals surface area contributed by atoms with E-state index in [1.807, 2.05) is 0 Å². The topological polar surface area (TPSA) is 83.0 Å². The zero-order valence-electron chi connectivity index (χ0n) is 16.3. The monoisotopic (exact) mass is 411 g/mol. The lowest BCUT2D eigenvalue weighted by Crippen LogP contribution is -2.42. The number of hydrogen-bond acceptors (Lipinski definition) is 6. The Bertz CT molecular complexity index is 956. The number of amides is 1. The summed E-state index contributed by atoms with van der Waals surface area (Å²) < 4.78 is 18.6. The fraction of sp³-hybridized carbons (Fsp3) is 0.318. The minimum absolute atomic E-state index is 0.0349. The zero-order chi connectivity index (χ0) is 21.1. The standard InChI is InChI=1S/C22H22FN3O4/c23-16-6-4-15(5-7-16)20(27)18-19(17-3-1-2-8-24-17)26(22(29)21(18)28)10-9-25-11-13-30-14-12-25/h1-8,19,27H,9-14H2/b20-18-/t19-/m0/s1. The number of carbonyl (C=O) groups is 2. The molecule has 1 N–H and O–H groups in total. The Morgan fingerprint density at radius 2 is 1.83 bits per heavy atom. The first-order chi connectivity index (χ1) is 14.6. The number of Topliss-reactive ketones (excluding diaryl/α,β-unsaturated/α-hetero) is 1. The molecular weight excluding hydrogens is 389 g/mol. The number of aliphatic hydroxyl groups is 1. The van der Waals surface area contributed by atoms with Crippen LogP contribution in [0.1, 0.15) is 17.3 Å². The van der Waals surface area contributed by atoms with Crippen molar-refractivity contribution in [3.8, 4) is 0 Å². The van der Waals surface area contributed by atoms with E-state index in [1.165, 1.54) is 29.2 Å². The number of benzene rings is 1. The van der Waals surface area contributed by atoms with Crippen LogP contribution in [0.5, 0.6) is 0 Å². The molecule has 0 radical (unpaired) electrons. The average Bonchev–Trinajstić information content (AvgIpc) is 3.04. The van der Waals surface area contributed by atoms with Gasteiger partial charge in [0.05, 0.1) is 24.5 Å². The van der Waals surface area contributed by atoms with Crippen LogP contribution in [0.15, 0.2) is 54.2 Å². The number of ether oxygens (including phenoxy) is 1. The predicted octanol–water partition coefficient (Wildman–Crippen LogP) is 1.97. The van der Waals surface area contributed by atoms with E-state index in [1.54, 1.807) is 24.4 Å². The highest BCUT2D eigenvalue weighted by molar-refractivity contribution is 6.46. The molecule has 2 aliphatic heterocycles. The lowest BCUT2D eigenvalue weighted by molar-refractivity contribution is -0.140. The number of hydrogen-bond donors (Lipinski definition) is 1. The summed E-state index contributed by atoms with van der Waals surface area (Å²) in [6, 6.07) is 9.56. The molecule has 4 rings (SSSR count). The maximum absolute atomic E-state index is 13.3. The first-order valence-electron chi connectivity index (χ1n) is 9.81. The second-order valence-electron chi connectivity index (χ2n) is 7.21. The highest BCUT2D eigenvalue weighted by Gasteiger charge is 2.46. The third-order valence-electron chi connectivity index (χ3n) is 5.39. The SMILES string of the molecule is O=C1C(=O)N(CCN2CCOCC2)[C@@H](c2ccccn2)/C1=C(/O)c1ccc(F)cc1. The van der Waals surface area contributed by atoms with Crippen LogP contribution < -0.4 is 0 Å². The minimum atomic E-state index is -0.808. The van der Waals surface area contributed by atoms with Crippen LogP contribution in [-0.2, 0) is 14.3 Å². The minimum Gasteiger partial charge on any atom is -0.507 e. The summed E-state index contributed by atoms with van der Waals surface area (Å²) in [5.41, 5.74) is 0.720. The van der Waals surface area contributed by atoms with Crippen molar-refractivity contribution in [2.24, 2.45) is 0 Å². The van der Waals surface area contributed by atoms with Crippen LogP contribution in [0.25, 0.3) is 5.76 Å². The van der Waals surface area contributed by atoms with E-state index >= 15 is 0 Å². The quantitative estimate of drug-likeness (QED) is 0.460. The van der Waals surface area contributed by atoms with Gasteiger partial charge in [0.25, 0.3) is 11.7 Å². The average molecular weight is 411 g/mol. The first-order valence-corrected chi connectivity index (χ1v) is 9.81. The molecule has 30 heavy (non-hydrogen) atoms. The van der Waals surface area contributed by atoms with Crippen molar-refractivity contribution in [3.63, 3.8) is 0 Å². The van der Waals surface area contributed by atoms with Gasteiger partial charge in [0.1, 0.15) is 17.6 Å². The third kappa shape index (κ3) is 3.96. The molecule has 2 saturated heterocycles. The van der Waals surface area contributed by atoms with Gasteiger partial charge in [-0.3, -0.25) is 19.5 Å². The van der Waals surface area contributed by atoms with E-state index < -0.39 is 23.5 Å². The van der Waals surface area contributed by atoms with E-state index in [-0.39, 0.29) is 16.9 Å². The number of morpholine rings is 1. The number of pyridine rings is 1. The van der Waals surface area contributed by atoms with E-state index in [9.17, 15) is 19.1 Å². The molecule has 156 valence electrons. The summed E-state index contributed by atoms with van der Waals surface area (Å²) in [7, 11) is 0. The van der Waals surface area contributed by atoms with Gasteiger partial charge in [0.15, 0.2) is 0 Å². The van der Waals surface area contributed by atoms with Gasteiger partial charge < -0.3 is 14.7 Å². The summed E-state index contributed by atoms with van der Waals surface area (Å²) in [4.78, 5) is 33.7. The Balaban J connectivity index is 1.71. The molecule has 1 aromatic carbocycles. The number of carbonyl (C=O) groups excluding carboxylic acids is 2. The van der Waals surface area contributed by atoms with E-state index in [0.29, 0.717) is 32.0 Å². The fourth-order valence-corrected chi connectivity index (χ4v) is 3.79. The lowest BCUT2D eigenvalue weighted by Gasteiger charge is -2.30. The fourth-order valence-electron chi connectivity index (χ4n) is 3.79. The number of aliphatic hydroxyl groups excluding tert-OH is 1. The van der Waals surface area contributed by atoms with Gasteiger partial charge in [-0.05, 0) is 36.4 Å². The molecule has 0 saturated carbocycles. The van der Waals surface area contributed by atoms with Crippen molar-refractivity contribution >= 4 is 17.4 Å².